The first kappa shape index (κ1) is 15.9. The lowest BCUT2D eigenvalue weighted by Gasteiger charge is -2.23. The fourth-order valence-corrected chi connectivity index (χ4v) is 1.71. The van der Waals surface area contributed by atoms with Gasteiger partial charge < -0.3 is 15.4 Å². The van der Waals surface area contributed by atoms with Crippen molar-refractivity contribution in [2.24, 2.45) is 0 Å². The van der Waals surface area contributed by atoms with Crippen LogP contribution in [0.5, 0.6) is 0 Å². The second kappa shape index (κ2) is 6.86. The number of halogens is 1. The summed E-state index contributed by atoms with van der Waals surface area (Å²) in [5.74, 6) is 0.410. The fraction of sp³-hybridized carbons (Fsp3) is 0.538. The molecule has 0 aromatic carbocycles. The van der Waals surface area contributed by atoms with Gasteiger partial charge in [0, 0.05) is 30.9 Å². The molecule has 2 N–H and O–H groups in total. The van der Waals surface area contributed by atoms with Gasteiger partial charge in [-0.3, -0.25) is 4.79 Å². The zero-order valence-electron chi connectivity index (χ0n) is 11.7. The largest absolute Gasteiger partial charge is 0.377 e. The highest BCUT2D eigenvalue weighted by atomic mass is 79.9. The van der Waals surface area contributed by atoms with Crippen molar-refractivity contribution in [2.45, 2.75) is 26.4 Å². The number of carbonyl (C=O) groups is 1. The zero-order chi connectivity index (χ0) is 14.5. The number of aromatic nitrogens is 1. The minimum Gasteiger partial charge on any atom is -0.377 e. The molecule has 1 aromatic rings. The number of anilines is 1. The summed E-state index contributed by atoms with van der Waals surface area (Å²) in [5, 5.41) is 5.92. The Hall–Kier alpha value is -1.14. The van der Waals surface area contributed by atoms with Crippen molar-refractivity contribution in [3.63, 3.8) is 0 Å². The summed E-state index contributed by atoms with van der Waals surface area (Å²) >= 11 is 3.33. The van der Waals surface area contributed by atoms with E-state index >= 15 is 0 Å². The van der Waals surface area contributed by atoms with Gasteiger partial charge in [-0.2, -0.15) is 0 Å². The van der Waals surface area contributed by atoms with Gasteiger partial charge >= 0.3 is 0 Å². The monoisotopic (exact) mass is 329 g/mol. The third-order valence-corrected chi connectivity index (χ3v) is 3.10. The molecule has 0 spiro atoms. The van der Waals surface area contributed by atoms with E-state index in [0.717, 1.165) is 4.47 Å². The highest BCUT2D eigenvalue weighted by Gasteiger charge is 2.19. The minimum absolute atomic E-state index is 0.171. The molecule has 0 saturated heterocycles. The van der Waals surface area contributed by atoms with Gasteiger partial charge in [-0.25, -0.2) is 4.98 Å². The van der Waals surface area contributed by atoms with Gasteiger partial charge in [0.15, 0.2) is 0 Å². The first-order chi connectivity index (χ1) is 8.89. The van der Waals surface area contributed by atoms with Crippen molar-refractivity contribution < 1.29 is 9.53 Å². The van der Waals surface area contributed by atoms with Crippen LogP contribution < -0.4 is 10.6 Å². The molecular weight excluding hydrogens is 310 g/mol. The van der Waals surface area contributed by atoms with Gasteiger partial charge in [0.05, 0.1) is 11.2 Å². The first-order valence-corrected chi connectivity index (χ1v) is 6.91. The Bertz CT molecular complexity index is 450. The lowest BCUT2D eigenvalue weighted by atomic mass is 10.1. The molecule has 6 heteroatoms. The molecule has 19 heavy (non-hydrogen) atoms. The van der Waals surface area contributed by atoms with Gasteiger partial charge in [0.2, 0.25) is 0 Å². The van der Waals surface area contributed by atoms with Crippen LogP contribution in [0, 0.1) is 0 Å². The Morgan fingerprint density at radius 3 is 2.79 bits per heavy atom. The van der Waals surface area contributed by atoms with Gasteiger partial charge in [0.25, 0.3) is 5.91 Å². The molecule has 0 saturated carbocycles. The lowest BCUT2D eigenvalue weighted by Crippen LogP contribution is -2.40. The van der Waals surface area contributed by atoms with E-state index in [-0.39, 0.29) is 5.91 Å². The van der Waals surface area contributed by atoms with E-state index in [1.165, 1.54) is 0 Å². The topological polar surface area (TPSA) is 63.2 Å². The summed E-state index contributed by atoms with van der Waals surface area (Å²) in [6.07, 6.45) is 1.66. The van der Waals surface area contributed by atoms with Crippen molar-refractivity contribution >= 4 is 27.7 Å². The van der Waals surface area contributed by atoms with Crippen LogP contribution in [0.1, 0.15) is 31.1 Å². The predicted molar refractivity (Wildman–Crippen MR) is 79.5 cm³/mol. The minimum atomic E-state index is -0.395. The Labute approximate surface area is 122 Å². The van der Waals surface area contributed by atoms with Crippen molar-refractivity contribution in [3.8, 4) is 0 Å². The van der Waals surface area contributed by atoms with Gasteiger partial charge in [-0.05, 0) is 42.8 Å². The second-order valence-corrected chi connectivity index (χ2v) is 5.64. The summed E-state index contributed by atoms with van der Waals surface area (Å²) in [4.78, 5) is 16.4. The average molecular weight is 330 g/mol. The molecule has 1 aromatic heterocycles. The molecule has 0 fully saturated rings. The smallest absolute Gasteiger partial charge is 0.255 e. The van der Waals surface area contributed by atoms with E-state index in [1.54, 1.807) is 19.4 Å². The SMILES string of the molecule is CCNc1ncc(Br)cc1C(=O)NCC(C)(C)OC. The summed E-state index contributed by atoms with van der Waals surface area (Å²) in [6, 6.07) is 1.75. The van der Waals surface area contributed by atoms with E-state index in [9.17, 15) is 4.79 Å². The molecule has 106 valence electrons. The Morgan fingerprint density at radius 1 is 1.53 bits per heavy atom. The molecular formula is C13H20BrN3O2. The number of hydrogen-bond acceptors (Lipinski definition) is 4. The maximum Gasteiger partial charge on any atom is 0.255 e. The van der Waals surface area contributed by atoms with Gasteiger partial charge in [-0.1, -0.05) is 0 Å². The highest BCUT2D eigenvalue weighted by Crippen LogP contribution is 2.18. The molecule has 0 aliphatic carbocycles. The van der Waals surface area contributed by atoms with Crippen LogP contribution in [0.25, 0.3) is 0 Å². The lowest BCUT2D eigenvalue weighted by molar-refractivity contribution is 0.0229. The third kappa shape index (κ3) is 4.80. The Kier molecular flexibility index (Phi) is 5.75. The molecule has 0 unspecified atom stereocenters. The Morgan fingerprint density at radius 2 is 2.21 bits per heavy atom. The number of nitrogens with one attached hydrogen (secondary N) is 2. The summed E-state index contributed by atoms with van der Waals surface area (Å²) in [7, 11) is 1.62. The maximum absolute atomic E-state index is 12.2. The van der Waals surface area contributed by atoms with Crippen LogP contribution in [0.15, 0.2) is 16.7 Å². The third-order valence-electron chi connectivity index (χ3n) is 2.67. The van der Waals surface area contributed by atoms with E-state index in [2.05, 4.69) is 31.5 Å². The van der Waals surface area contributed by atoms with Crippen molar-refractivity contribution in [1.29, 1.82) is 0 Å². The molecule has 0 radical (unpaired) electrons. The molecule has 0 atom stereocenters. The number of nitrogens with zero attached hydrogens (tertiary/aromatic N) is 1. The molecule has 1 heterocycles. The molecule has 1 amide bonds. The van der Waals surface area contributed by atoms with E-state index in [0.29, 0.717) is 24.5 Å². The van der Waals surface area contributed by atoms with Crippen LogP contribution in [0.3, 0.4) is 0 Å². The Balaban J connectivity index is 2.83. The normalized spacial score (nSPS) is 11.2. The number of rotatable bonds is 6. The number of carbonyl (C=O) groups excluding carboxylic acids is 1. The summed E-state index contributed by atoms with van der Waals surface area (Å²) < 4.78 is 6.04. The highest BCUT2D eigenvalue weighted by molar-refractivity contribution is 9.10. The quantitative estimate of drug-likeness (QED) is 0.841. The number of methoxy groups -OCH3 is 1. The van der Waals surface area contributed by atoms with Crippen molar-refractivity contribution in [1.82, 2.24) is 10.3 Å². The van der Waals surface area contributed by atoms with Crippen LogP contribution in [0.2, 0.25) is 0 Å². The average Bonchev–Trinajstić information content (AvgIpc) is 2.38. The molecule has 0 bridgehead atoms. The fourth-order valence-electron chi connectivity index (χ4n) is 1.38. The predicted octanol–water partition coefficient (Wildman–Crippen LogP) is 2.43. The van der Waals surface area contributed by atoms with Crippen molar-refractivity contribution in [2.75, 3.05) is 25.5 Å². The van der Waals surface area contributed by atoms with E-state index in [1.807, 2.05) is 20.8 Å². The van der Waals surface area contributed by atoms with E-state index in [4.69, 9.17) is 4.74 Å². The second-order valence-electron chi connectivity index (χ2n) is 4.73. The number of hydrogen-bond donors (Lipinski definition) is 2. The first-order valence-electron chi connectivity index (χ1n) is 6.12. The number of amides is 1. The summed E-state index contributed by atoms with van der Waals surface area (Å²) in [5.41, 5.74) is 0.121. The number of pyridine rings is 1. The van der Waals surface area contributed by atoms with Crippen molar-refractivity contribution in [3.05, 3.63) is 22.3 Å². The maximum atomic E-state index is 12.2. The van der Waals surface area contributed by atoms with Crippen LogP contribution in [0.4, 0.5) is 5.82 Å². The van der Waals surface area contributed by atoms with Gasteiger partial charge in [-0.15, -0.1) is 0 Å². The standard InChI is InChI=1S/C13H20BrN3O2/c1-5-15-11-10(6-9(14)7-16-11)12(18)17-8-13(2,3)19-4/h6-7H,5,8H2,1-4H3,(H,15,16)(H,17,18). The van der Waals surface area contributed by atoms with Crippen LogP contribution >= 0.6 is 15.9 Å². The van der Waals surface area contributed by atoms with E-state index < -0.39 is 5.60 Å². The zero-order valence-corrected chi connectivity index (χ0v) is 13.3. The van der Waals surface area contributed by atoms with Gasteiger partial charge in [0.1, 0.15) is 5.82 Å². The van der Waals surface area contributed by atoms with Crippen LogP contribution in [-0.2, 0) is 4.74 Å². The molecule has 5 nitrogen and oxygen atoms in total. The summed E-state index contributed by atoms with van der Waals surface area (Å²) in [6.45, 7) is 6.92. The number of ether oxygens (including phenoxy) is 1. The molecule has 1 rings (SSSR count). The van der Waals surface area contributed by atoms with Crippen LogP contribution in [-0.4, -0.2) is 36.7 Å². The molecule has 0 aliphatic rings. The molecule has 0 aliphatic heterocycles.